The topological polar surface area (TPSA) is 12.9 Å². The molecule has 0 aliphatic heterocycles. The second kappa shape index (κ2) is 4.79. The highest BCUT2D eigenvalue weighted by atomic mass is 127. The van der Waals surface area contributed by atoms with Crippen LogP contribution in [0.1, 0.15) is 5.56 Å². The van der Waals surface area contributed by atoms with Gasteiger partial charge in [-0.2, -0.15) is 0 Å². The van der Waals surface area contributed by atoms with Crippen molar-refractivity contribution in [3.63, 3.8) is 0 Å². The van der Waals surface area contributed by atoms with Crippen molar-refractivity contribution in [2.45, 2.75) is 6.92 Å². The zero-order valence-electron chi connectivity index (χ0n) is 9.58. The van der Waals surface area contributed by atoms with E-state index in [0.29, 0.717) is 0 Å². The van der Waals surface area contributed by atoms with Gasteiger partial charge in [-0.3, -0.25) is 0 Å². The largest absolute Gasteiger partial charge is 0.236 e. The molecule has 0 aliphatic rings. The Balaban J connectivity index is 2.22. The molecule has 4 heteroatoms. The van der Waals surface area contributed by atoms with E-state index in [1.807, 2.05) is 12.1 Å². The van der Waals surface area contributed by atoms with Gasteiger partial charge in [-0.05, 0) is 65.4 Å². The van der Waals surface area contributed by atoms with Crippen molar-refractivity contribution in [2.24, 2.45) is 0 Å². The number of nitrogens with zero attached hydrogens (tertiary/aromatic N) is 1. The highest BCUT2D eigenvalue weighted by Crippen LogP contribution is 2.35. The lowest BCUT2D eigenvalue weighted by Gasteiger charge is -2.00. The van der Waals surface area contributed by atoms with Crippen LogP contribution >= 0.6 is 45.5 Å². The Morgan fingerprint density at radius 1 is 1.17 bits per heavy atom. The first-order chi connectivity index (χ1) is 8.63. The Morgan fingerprint density at radius 2 is 2.00 bits per heavy atom. The minimum Gasteiger partial charge on any atom is -0.236 e. The fourth-order valence-corrected chi connectivity index (χ4v) is 3.66. The summed E-state index contributed by atoms with van der Waals surface area (Å²) < 4.78 is 2.38. The van der Waals surface area contributed by atoms with Crippen LogP contribution in [0.4, 0.5) is 0 Å². The molecule has 18 heavy (non-hydrogen) atoms. The van der Waals surface area contributed by atoms with Gasteiger partial charge in [0.1, 0.15) is 5.01 Å². The minimum atomic E-state index is 0.756. The van der Waals surface area contributed by atoms with Crippen LogP contribution < -0.4 is 0 Å². The number of halogens is 2. The monoisotopic (exact) mass is 385 g/mol. The summed E-state index contributed by atoms with van der Waals surface area (Å²) >= 11 is 10.2. The van der Waals surface area contributed by atoms with Gasteiger partial charge in [0.05, 0.1) is 15.2 Å². The second-order valence-electron chi connectivity index (χ2n) is 4.11. The quantitative estimate of drug-likeness (QED) is 0.502. The van der Waals surface area contributed by atoms with E-state index in [-0.39, 0.29) is 0 Å². The molecule has 1 heterocycles. The number of benzene rings is 2. The van der Waals surface area contributed by atoms with Gasteiger partial charge in [-0.15, -0.1) is 11.3 Å². The summed E-state index contributed by atoms with van der Waals surface area (Å²) in [5.74, 6) is 0. The van der Waals surface area contributed by atoms with E-state index >= 15 is 0 Å². The lowest BCUT2D eigenvalue weighted by atomic mass is 10.2. The van der Waals surface area contributed by atoms with Crippen molar-refractivity contribution in [1.29, 1.82) is 0 Å². The van der Waals surface area contributed by atoms with Gasteiger partial charge < -0.3 is 0 Å². The maximum atomic E-state index is 6.25. The smallest absolute Gasteiger partial charge is 0.126 e. The van der Waals surface area contributed by atoms with E-state index in [1.165, 1.54) is 13.8 Å². The summed E-state index contributed by atoms with van der Waals surface area (Å²) in [5.41, 5.74) is 3.31. The minimum absolute atomic E-state index is 0.756. The summed E-state index contributed by atoms with van der Waals surface area (Å²) in [4.78, 5) is 4.66. The van der Waals surface area contributed by atoms with Crippen LogP contribution in [-0.2, 0) is 0 Å². The summed E-state index contributed by atoms with van der Waals surface area (Å²) in [6, 6.07) is 12.3. The summed E-state index contributed by atoms with van der Waals surface area (Å²) in [5, 5.41) is 1.74. The second-order valence-corrected chi connectivity index (χ2v) is 6.80. The molecule has 0 amide bonds. The maximum Gasteiger partial charge on any atom is 0.126 e. The normalized spacial score (nSPS) is 11.1. The van der Waals surface area contributed by atoms with Gasteiger partial charge in [0.2, 0.25) is 0 Å². The predicted octanol–water partition coefficient (Wildman–Crippen LogP) is 5.53. The van der Waals surface area contributed by atoms with Gasteiger partial charge in [-0.25, -0.2) is 4.98 Å². The zero-order valence-corrected chi connectivity index (χ0v) is 13.3. The molecule has 0 radical (unpaired) electrons. The van der Waals surface area contributed by atoms with Crippen LogP contribution in [0.5, 0.6) is 0 Å². The number of aromatic nitrogens is 1. The van der Waals surface area contributed by atoms with Crippen molar-refractivity contribution >= 4 is 55.7 Å². The fourth-order valence-electron chi connectivity index (χ4n) is 1.81. The van der Waals surface area contributed by atoms with Gasteiger partial charge in [0, 0.05) is 9.13 Å². The number of rotatable bonds is 1. The van der Waals surface area contributed by atoms with Gasteiger partial charge in [0.25, 0.3) is 0 Å². The van der Waals surface area contributed by atoms with Gasteiger partial charge in [-0.1, -0.05) is 17.7 Å². The number of fused-ring (bicyclic) bond motifs is 1. The Morgan fingerprint density at radius 3 is 2.83 bits per heavy atom. The third-order valence-electron chi connectivity index (χ3n) is 2.70. The lowest BCUT2D eigenvalue weighted by molar-refractivity contribution is 1.45. The van der Waals surface area contributed by atoms with Crippen LogP contribution in [0.15, 0.2) is 36.4 Å². The van der Waals surface area contributed by atoms with Crippen molar-refractivity contribution in [2.75, 3.05) is 0 Å². The summed E-state index contributed by atoms with van der Waals surface area (Å²) in [6.45, 7) is 2.09. The molecule has 0 saturated carbocycles. The van der Waals surface area contributed by atoms with E-state index in [4.69, 9.17) is 11.6 Å². The first kappa shape index (κ1) is 12.4. The molecule has 0 N–H and O–H groups in total. The molecule has 1 aromatic heterocycles. The number of hydrogen-bond acceptors (Lipinski definition) is 2. The fraction of sp³-hybridized carbons (Fsp3) is 0.0714. The average molecular weight is 386 g/mol. The predicted molar refractivity (Wildman–Crippen MR) is 87.5 cm³/mol. The van der Waals surface area contributed by atoms with Gasteiger partial charge in [0.15, 0.2) is 0 Å². The average Bonchev–Trinajstić information content (AvgIpc) is 2.74. The number of aryl methyl sites for hydroxylation is 1. The Kier molecular flexibility index (Phi) is 3.30. The van der Waals surface area contributed by atoms with Crippen molar-refractivity contribution in [3.05, 3.63) is 50.6 Å². The van der Waals surface area contributed by atoms with E-state index in [0.717, 1.165) is 21.1 Å². The molecule has 0 saturated heterocycles. The maximum absolute atomic E-state index is 6.25. The Labute approximate surface area is 128 Å². The molecular weight excluding hydrogens is 377 g/mol. The molecule has 0 fully saturated rings. The number of thiazole rings is 1. The number of hydrogen-bond donors (Lipinski definition) is 0. The highest BCUT2D eigenvalue weighted by molar-refractivity contribution is 14.1. The van der Waals surface area contributed by atoms with E-state index in [9.17, 15) is 0 Å². The third kappa shape index (κ3) is 2.27. The Bertz CT molecular complexity index is 736. The van der Waals surface area contributed by atoms with Crippen LogP contribution in [0, 0.1) is 10.5 Å². The molecule has 0 unspecified atom stereocenters. The van der Waals surface area contributed by atoms with Crippen molar-refractivity contribution < 1.29 is 0 Å². The first-order valence-corrected chi connectivity index (χ1v) is 7.73. The van der Waals surface area contributed by atoms with E-state index in [2.05, 4.69) is 58.8 Å². The molecule has 0 aliphatic carbocycles. The molecule has 0 spiro atoms. The summed E-state index contributed by atoms with van der Waals surface area (Å²) in [7, 11) is 0. The van der Waals surface area contributed by atoms with Gasteiger partial charge >= 0.3 is 0 Å². The molecule has 0 atom stereocenters. The van der Waals surface area contributed by atoms with Crippen LogP contribution in [0.3, 0.4) is 0 Å². The highest BCUT2D eigenvalue weighted by Gasteiger charge is 2.10. The molecule has 1 nitrogen and oxygen atoms in total. The third-order valence-corrected chi connectivity index (χ3v) is 4.75. The van der Waals surface area contributed by atoms with Crippen molar-refractivity contribution in [3.8, 4) is 10.6 Å². The SMILES string of the molecule is Cc1ccc2nc(-c3cc(I)ccc3Cl)sc2c1. The molecule has 0 bridgehead atoms. The summed E-state index contributed by atoms with van der Waals surface area (Å²) in [6.07, 6.45) is 0. The Hall–Kier alpha value is -0.650. The zero-order chi connectivity index (χ0) is 12.7. The molecule has 2 aromatic carbocycles. The molecular formula is C14H9ClINS. The van der Waals surface area contributed by atoms with E-state index < -0.39 is 0 Å². The van der Waals surface area contributed by atoms with Crippen molar-refractivity contribution in [1.82, 2.24) is 4.98 Å². The van der Waals surface area contributed by atoms with Crippen LogP contribution in [-0.4, -0.2) is 4.98 Å². The van der Waals surface area contributed by atoms with E-state index in [1.54, 1.807) is 11.3 Å². The lowest BCUT2D eigenvalue weighted by Crippen LogP contribution is -1.80. The standard InChI is InChI=1S/C14H9ClINS/c1-8-2-5-12-13(6-8)18-14(17-12)10-7-9(16)3-4-11(10)15/h2-7H,1H3. The van der Waals surface area contributed by atoms with Crippen LogP contribution in [0.2, 0.25) is 5.02 Å². The first-order valence-electron chi connectivity index (χ1n) is 5.46. The van der Waals surface area contributed by atoms with Crippen LogP contribution in [0.25, 0.3) is 20.8 Å². The molecule has 90 valence electrons. The molecule has 3 aromatic rings. The molecule has 3 rings (SSSR count).